The third-order valence-corrected chi connectivity index (χ3v) is 10.6. The molecule has 0 aromatic heterocycles. The molecule has 0 spiro atoms. The molecule has 0 saturated carbocycles. The van der Waals surface area contributed by atoms with Crippen molar-refractivity contribution in [2.24, 2.45) is 0 Å². The Balaban J connectivity index is 4.69. The molecular weight excluding hydrogens is 731 g/mol. The minimum Gasteiger partial charge on any atom is -0.461 e. The van der Waals surface area contributed by atoms with Gasteiger partial charge in [0.1, 0.15) is 6.10 Å². The Morgan fingerprint density at radius 2 is 0.949 bits per heavy atom. The first kappa shape index (κ1) is 56.0. The number of ether oxygens (including phenoxy) is 1. The van der Waals surface area contributed by atoms with Crippen molar-refractivity contribution in [3.8, 4) is 0 Å². The van der Waals surface area contributed by atoms with Gasteiger partial charge in [-0.2, -0.15) is 0 Å². The molecule has 59 heavy (non-hydrogen) atoms. The van der Waals surface area contributed by atoms with E-state index in [0.717, 1.165) is 57.8 Å². The van der Waals surface area contributed by atoms with E-state index in [2.05, 4.69) is 56.5 Å². The Labute approximate surface area is 363 Å². The predicted molar refractivity (Wildman–Crippen MR) is 254 cm³/mol. The number of unbranched alkanes of at least 4 members (excludes halogenated alkanes) is 22. The van der Waals surface area contributed by atoms with Gasteiger partial charge in [0.2, 0.25) is 5.91 Å². The highest BCUT2D eigenvalue weighted by atomic mass is 16.5. The molecule has 0 heterocycles. The number of allylic oxidation sites excluding steroid dienone is 13. The van der Waals surface area contributed by atoms with E-state index < -0.39 is 18.2 Å². The summed E-state index contributed by atoms with van der Waals surface area (Å²) in [7, 11) is 0. The Morgan fingerprint density at radius 1 is 0.525 bits per heavy atom. The number of carbonyl (C=O) groups is 2. The maximum absolute atomic E-state index is 13.1. The van der Waals surface area contributed by atoms with Crippen LogP contribution in [0.1, 0.15) is 213 Å². The lowest BCUT2D eigenvalue weighted by atomic mass is 10.0. The van der Waals surface area contributed by atoms with Gasteiger partial charge >= 0.3 is 5.97 Å². The Kier molecular flexibility index (Phi) is 43.8. The van der Waals surface area contributed by atoms with E-state index in [1.807, 2.05) is 54.7 Å². The van der Waals surface area contributed by atoms with Crippen molar-refractivity contribution in [2.75, 3.05) is 6.61 Å². The van der Waals surface area contributed by atoms with Gasteiger partial charge in [0.05, 0.1) is 25.2 Å². The number of hydrogen-bond donors (Lipinski definition) is 3. The van der Waals surface area contributed by atoms with Crippen molar-refractivity contribution in [3.63, 3.8) is 0 Å². The van der Waals surface area contributed by atoms with Gasteiger partial charge in [-0.25, -0.2) is 0 Å². The molecule has 0 aliphatic carbocycles. The number of aliphatic hydroxyl groups is 2. The Bertz CT molecular complexity index is 1150. The minimum absolute atomic E-state index is 0.0268. The highest BCUT2D eigenvalue weighted by Crippen LogP contribution is 2.16. The predicted octanol–water partition coefficient (Wildman–Crippen LogP) is 14.4. The van der Waals surface area contributed by atoms with Crippen molar-refractivity contribution in [1.29, 1.82) is 0 Å². The van der Waals surface area contributed by atoms with E-state index >= 15 is 0 Å². The average molecular weight is 822 g/mol. The number of carbonyl (C=O) groups excluding carboxylic acids is 2. The fourth-order valence-electron chi connectivity index (χ4n) is 6.91. The van der Waals surface area contributed by atoms with Crippen LogP contribution in [-0.4, -0.2) is 46.9 Å². The van der Waals surface area contributed by atoms with Gasteiger partial charge in [-0.1, -0.05) is 234 Å². The average Bonchev–Trinajstić information content (AvgIpc) is 3.23. The fourth-order valence-corrected chi connectivity index (χ4v) is 6.91. The van der Waals surface area contributed by atoms with Gasteiger partial charge in [0.15, 0.2) is 0 Å². The van der Waals surface area contributed by atoms with Crippen LogP contribution in [0.2, 0.25) is 0 Å². The molecule has 6 heteroatoms. The van der Waals surface area contributed by atoms with E-state index in [0.29, 0.717) is 19.3 Å². The summed E-state index contributed by atoms with van der Waals surface area (Å²) in [5.41, 5.74) is 0. The molecule has 3 atom stereocenters. The smallest absolute Gasteiger partial charge is 0.306 e. The molecule has 3 N–H and O–H groups in total. The summed E-state index contributed by atoms with van der Waals surface area (Å²) in [6.45, 7) is 6.26. The Hall–Kier alpha value is -2.96. The SMILES string of the molecule is CC/C=C/C=C/C=C\C=C/C=C/CC(CC(=O)NC(CO)C(O)CCCCCCCCCCCCCCCC)OC(=O)CCCCCCCC/C=C/C=C/CCCCC. The van der Waals surface area contributed by atoms with Crippen LogP contribution in [0.4, 0.5) is 0 Å². The highest BCUT2D eigenvalue weighted by Gasteiger charge is 2.23. The fraction of sp³-hybridized carbons (Fsp3) is 0.698. The number of aliphatic hydroxyl groups excluding tert-OH is 2. The van der Waals surface area contributed by atoms with Gasteiger partial charge in [-0.15, -0.1) is 0 Å². The van der Waals surface area contributed by atoms with Gasteiger partial charge in [0.25, 0.3) is 0 Å². The first-order valence-corrected chi connectivity index (χ1v) is 24.4. The number of amides is 1. The molecule has 0 radical (unpaired) electrons. The van der Waals surface area contributed by atoms with E-state index in [1.165, 1.54) is 109 Å². The van der Waals surface area contributed by atoms with Gasteiger partial charge < -0.3 is 20.3 Å². The second kappa shape index (κ2) is 46.1. The van der Waals surface area contributed by atoms with Gasteiger partial charge in [0, 0.05) is 12.8 Å². The molecule has 0 fully saturated rings. The lowest BCUT2D eigenvalue weighted by Gasteiger charge is -2.24. The third-order valence-electron chi connectivity index (χ3n) is 10.6. The molecule has 0 bridgehead atoms. The van der Waals surface area contributed by atoms with E-state index in [9.17, 15) is 19.8 Å². The molecule has 0 rings (SSSR count). The van der Waals surface area contributed by atoms with Crippen LogP contribution in [0.5, 0.6) is 0 Å². The molecule has 6 nitrogen and oxygen atoms in total. The van der Waals surface area contributed by atoms with Gasteiger partial charge in [-0.3, -0.25) is 9.59 Å². The van der Waals surface area contributed by atoms with Crippen LogP contribution >= 0.6 is 0 Å². The quantitative estimate of drug-likeness (QED) is 0.0324. The van der Waals surface area contributed by atoms with Crippen LogP contribution in [0, 0.1) is 0 Å². The van der Waals surface area contributed by atoms with Crippen molar-refractivity contribution < 1.29 is 24.5 Å². The van der Waals surface area contributed by atoms with Crippen LogP contribution in [-0.2, 0) is 14.3 Å². The number of hydrogen-bond acceptors (Lipinski definition) is 5. The highest BCUT2D eigenvalue weighted by molar-refractivity contribution is 5.77. The molecule has 0 saturated heterocycles. The second-order valence-electron chi connectivity index (χ2n) is 16.3. The van der Waals surface area contributed by atoms with Crippen LogP contribution < -0.4 is 5.32 Å². The second-order valence-corrected chi connectivity index (χ2v) is 16.3. The van der Waals surface area contributed by atoms with Crippen molar-refractivity contribution in [1.82, 2.24) is 5.32 Å². The van der Waals surface area contributed by atoms with Crippen molar-refractivity contribution >= 4 is 11.9 Å². The lowest BCUT2D eigenvalue weighted by Crippen LogP contribution is -2.46. The van der Waals surface area contributed by atoms with Crippen LogP contribution in [0.15, 0.2) is 85.1 Å². The largest absolute Gasteiger partial charge is 0.461 e. The van der Waals surface area contributed by atoms with E-state index in [-0.39, 0.29) is 24.9 Å². The molecule has 0 aliphatic rings. The first-order chi connectivity index (χ1) is 29.0. The molecule has 0 aliphatic heterocycles. The summed E-state index contributed by atoms with van der Waals surface area (Å²) in [5.74, 6) is -0.626. The van der Waals surface area contributed by atoms with Gasteiger partial charge in [-0.05, 0) is 44.9 Å². The normalized spacial score (nSPS) is 14.1. The maximum atomic E-state index is 13.1. The molecule has 0 aromatic carbocycles. The molecule has 3 unspecified atom stereocenters. The summed E-state index contributed by atoms with van der Waals surface area (Å²) in [6, 6.07) is -0.745. The Morgan fingerprint density at radius 3 is 1.47 bits per heavy atom. The summed E-state index contributed by atoms with van der Waals surface area (Å²) >= 11 is 0. The number of rotatable bonds is 42. The molecular formula is C53H91NO5. The van der Waals surface area contributed by atoms with Crippen molar-refractivity contribution in [2.45, 2.75) is 232 Å². The zero-order valence-electron chi connectivity index (χ0n) is 38.4. The summed E-state index contributed by atoms with van der Waals surface area (Å²) < 4.78 is 5.82. The summed E-state index contributed by atoms with van der Waals surface area (Å²) in [4.78, 5) is 26.0. The zero-order valence-corrected chi connectivity index (χ0v) is 38.4. The first-order valence-electron chi connectivity index (χ1n) is 24.4. The van der Waals surface area contributed by atoms with Crippen LogP contribution in [0.3, 0.4) is 0 Å². The van der Waals surface area contributed by atoms with Crippen molar-refractivity contribution in [3.05, 3.63) is 85.1 Å². The lowest BCUT2D eigenvalue weighted by molar-refractivity contribution is -0.150. The van der Waals surface area contributed by atoms with E-state index in [4.69, 9.17) is 4.74 Å². The molecule has 338 valence electrons. The topological polar surface area (TPSA) is 95.9 Å². The molecule has 0 aromatic rings. The maximum Gasteiger partial charge on any atom is 0.306 e. The number of nitrogens with one attached hydrogen (secondary N) is 1. The summed E-state index contributed by atoms with van der Waals surface area (Å²) in [5, 5.41) is 23.6. The monoisotopic (exact) mass is 822 g/mol. The molecule has 1 amide bonds. The van der Waals surface area contributed by atoms with Crippen LogP contribution in [0.25, 0.3) is 0 Å². The standard InChI is InChI=1S/C53H91NO5/c1-4-7-10-13-16-19-22-24-26-28-31-34-37-40-43-46-53(58)59-49(44-41-38-35-32-29-21-18-15-12-9-6-3)47-52(57)54-50(48-55)51(56)45-42-39-36-33-30-27-25-23-20-17-14-11-8-5-2/h9,12,15-16,18-19,21-22,24,29,32,35,38,41,49-51,55-56H,4-8,10-11,13-14,17,20,23,25-28,30-31,33-34,36-37,39-40,42-48H2,1-3H3,(H,54,57)/b12-9+,18-15+,19-16+,24-22+,29-21-,35-32-,41-38+. The number of esters is 1. The van der Waals surface area contributed by atoms with E-state index in [1.54, 1.807) is 0 Å². The zero-order chi connectivity index (χ0) is 43.1. The minimum atomic E-state index is -0.823. The summed E-state index contributed by atoms with van der Waals surface area (Å²) in [6.07, 6.45) is 59.5. The third kappa shape index (κ3) is 41.6.